The number of nitro benzene ring substituents is 1. The van der Waals surface area contributed by atoms with Gasteiger partial charge in [0.15, 0.2) is 17.1 Å². The monoisotopic (exact) mass is 593 g/mol. The summed E-state index contributed by atoms with van der Waals surface area (Å²) in [5.74, 6) is -7.55. The van der Waals surface area contributed by atoms with Crippen molar-refractivity contribution in [3.05, 3.63) is 68.5 Å². The molecule has 224 valence electrons. The number of aliphatic hydroxyl groups excluding tert-OH is 2. The van der Waals surface area contributed by atoms with E-state index in [2.05, 4.69) is 10.6 Å². The van der Waals surface area contributed by atoms with Crippen molar-refractivity contribution >= 4 is 52.0 Å². The molecule has 1 saturated carbocycles. The van der Waals surface area contributed by atoms with E-state index in [1.165, 1.54) is 30.3 Å². The Morgan fingerprint density at radius 3 is 2.33 bits per heavy atom. The second kappa shape index (κ2) is 10.1. The lowest BCUT2D eigenvalue weighted by molar-refractivity contribution is -0.384. The summed E-state index contributed by atoms with van der Waals surface area (Å²) in [6, 6.07) is 5.63. The number of primary amides is 1. The third-order valence-corrected chi connectivity index (χ3v) is 8.11. The molecule has 0 aliphatic heterocycles. The minimum Gasteiger partial charge on any atom is -0.508 e. The standard InChI is InChI=1S/C28H27N5O10/c1-32(2)17-10-16(31-27(40)30-13-3-5-14(6-4-13)33(42)43)22(35)20-15(17)8-11-7-12-9-18(34)21(26(29)39)25(38)28(12,41)24(37)19(11)23(20)36/h3-6,10-12,35-36,38,41H,7-9H2,1-2H3,(H2,29,39)(H2,30,31,40). The number of carbonyl (C=O) groups excluding carboxylic acids is 4. The summed E-state index contributed by atoms with van der Waals surface area (Å²) in [4.78, 5) is 62.8. The molecule has 8 N–H and O–H groups in total. The molecule has 0 saturated heterocycles. The number of aliphatic hydroxyl groups is 3. The summed E-state index contributed by atoms with van der Waals surface area (Å²) in [6.45, 7) is 0. The van der Waals surface area contributed by atoms with Crippen molar-refractivity contribution in [2.45, 2.75) is 24.9 Å². The van der Waals surface area contributed by atoms with Crippen LogP contribution in [0.25, 0.3) is 5.76 Å². The number of urea groups is 1. The van der Waals surface area contributed by atoms with E-state index in [1.807, 2.05) is 0 Å². The van der Waals surface area contributed by atoms with Crippen molar-refractivity contribution in [3.63, 3.8) is 0 Å². The Morgan fingerprint density at radius 2 is 1.74 bits per heavy atom. The van der Waals surface area contributed by atoms with Crippen LogP contribution in [0.3, 0.4) is 0 Å². The van der Waals surface area contributed by atoms with E-state index in [1.54, 1.807) is 19.0 Å². The summed E-state index contributed by atoms with van der Waals surface area (Å²) in [6.07, 6.45) is -0.362. The molecule has 3 unspecified atom stereocenters. The third kappa shape index (κ3) is 4.50. The van der Waals surface area contributed by atoms with Crippen LogP contribution >= 0.6 is 0 Å². The number of nitrogens with two attached hydrogens (primary N) is 1. The first-order valence-corrected chi connectivity index (χ1v) is 13.0. The van der Waals surface area contributed by atoms with Gasteiger partial charge in [0, 0.05) is 55.5 Å². The van der Waals surface area contributed by atoms with Crippen LogP contribution in [-0.4, -0.2) is 68.6 Å². The Balaban J connectivity index is 1.56. The zero-order valence-corrected chi connectivity index (χ0v) is 22.9. The molecule has 3 atom stereocenters. The minimum atomic E-state index is -2.70. The molecule has 3 aliphatic rings. The van der Waals surface area contributed by atoms with Gasteiger partial charge in [-0.2, -0.15) is 0 Å². The van der Waals surface area contributed by atoms with Gasteiger partial charge < -0.3 is 41.7 Å². The van der Waals surface area contributed by atoms with Gasteiger partial charge in [0.25, 0.3) is 11.6 Å². The van der Waals surface area contributed by atoms with Gasteiger partial charge in [-0.05, 0) is 42.5 Å². The molecule has 1 fully saturated rings. The zero-order chi connectivity index (χ0) is 31.5. The van der Waals surface area contributed by atoms with Crippen molar-refractivity contribution in [1.82, 2.24) is 0 Å². The van der Waals surface area contributed by atoms with Crippen LogP contribution in [0.1, 0.15) is 24.0 Å². The number of hydrogen-bond acceptors (Lipinski definition) is 11. The molecule has 3 aliphatic carbocycles. The number of aromatic hydroxyl groups is 1. The molecule has 2 aromatic carbocycles. The fourth-order valence-corrected chi connectivity index (χ4v) is 6.11. The largest absolute Gasteiger partial charge is 0.508 e. The number of nitrogens with zero attached hydrogens (tertiary/aromatic N) is 2. The number of non-ortho nitro benzene ring substituents is 1. The molecule has 0 heterocycles. The summed E-state index contributed by atoms with van der Waals surface area (Å²) in [5, 5.41) is 60.6. The third-order valence-electron chi connectivity index (χ3n) is 8.11. The van der Waals surface area contributed by atoms with Crippen molar-refractivity contribution in [3.8, 4) is 5.75 Å². The SMILES string of the molecule is CN(C)c1cc(NC(=O)Nc2ccc([N+](=O)[O-])cc2)c(O)c2c1CC1CC3CC(=O)C(C(N)=O)=C(O)C3(O)C(=O)C1=C2O. The first-order chi connectivity index (χ1) is 20.2. The van der Waals surface area contributed by atoms with Crippen LogP contribution in [0.5, 0.6) is 5.75 Å². The maximum Gasteiger partial charge on any atom is 0.323 e. The van der Waals surface area contributed by atoms with Crippen molar-refractivity contribution in [2.75, 3.05) is 29.6 Å². The number of carbonyl (C=O) groups is 4. The molecular weight excluding hydrogens is 566 g/mol. The van der Waals surface area contributed by atoms with Crippen molar-refractivity contribution in [2.24, 2.45) is 17.6 Å². The fraction of sp³-hybridized carbons (Fsp3) is 0.286. The highest BCUT2D eigenvalue weighted by Gasteiger charge is 2.60. The average molecular weight is 594 g/mol. The predicted octanol–water partition coefficient (Wildman–Crippen LogP) is 2.04. The lowest BCUT2D eigenvalue weighted by Crippen LogP contribution is -2.58. The number of hydrogen-bond donors (Lipinski definition) is 7. The fourth-order valence-electron chi connectivity index (χ4n) is 6.11. The smallest absolute Gasteiger partial charge is 0.323 e. The molecule has 15 nitrogen and oxygen atoms in total. The zero-order valence-electron chi connectivity index (χ0n) is 22.9. The molecule has 15 heteroatoms. The topological polar surface area (TPSA) is 246 Å². The molecule has 2 aromatic rings. The van der Waals surface area contributed by atoms with Crippen molar-refractivity contribution in [1.29, 1.82) is 0 Å². The van der Waals surface area contributed by atoms with E-state index in [4.69, 9.17) is 5.73 Å². The lowest BCUT2D eigenvalue weighted by atomic mass is 9.59. The van der Waals surface area contributed by atoms with E-state index in [0.717, 1.165) is 0 Å². The molecule has 0 bridgehead atoms. The lowest BCUT2D eigenvalue weighted by Gasteiger charge is -2.46. The highest BCUT2D eigenvalue weighted by atomic mass is 16.6. The molecule has 0 spiro atoms. The van der Waals surface area contributed by atoms with E-state index >= 15 is 0 Å². The number of Topliss-reactive ketones (excluding diaryl/α,β-unsaturated/α-hetero) is 2. The van der Waals surface area contributed by atoms with Gasteiger partial charge in [-0.1, -0.05) is 0 Å². The second-order valence-corrected chi connectivity index (χ2v) is 10.8. The van der Waals surface area contributed by atoms with Crippen LogP contribution in [0.4, 0.5) is 27.5 Å². The number of phenols is 1. The second-order valence-electron chi connectivity index (χ2n) is 10.8. The summed E-state index contributed by atoms with van der Waals surface area (Å²) in [7, 11) is 3.37. The molecule has 0 radical (unpaired) electrons. The van der Waals surface area contributed by atoms with E-state index in [-0.39, 0.29) is 41.0 Å². The van der Waals surface area contributed by atoms with E-state index in [0.29, 0.717) is 11.3 Å². The van der Waals surface area contributed by atoms with Crippen LogP contribution in [0.15, 0.2) is 47.2 Å². The number of phenolic OH excluding ortho intramolecular Hbond substituents is 1. The highest BCUT2D eigenvalue weighted by molar-refractivity contribution is 6.22. The number of nitro groups is 1. The van der Waals surface area contributed by atoms with E-state index < -0.39 is 75.1 Å². The Labute approximate surface area is 243 Å². The first kappa shape index (κ1) is 29.1. The van der Waals surface area contributed by atoms with Gasteiger partial charge in [-0.3, -0.25) is 24.5 Å². The van der Waals surface area contributed by atoms with Gasteiger partial charge in [-0.25, -0.2) is 4.79 Å². The van der Waals surface area contributed by atoms with Crippen LogP contribution in [0, 0.1) is 22.0 Å². The van der Waals surface area contributed by atoms with Crippen LogP contribution in [0.2, 0.25) is 0 Å². The predicted molar refractivity (Wildman–Crippen MR) is 151 cm³/mol. The number of rotatable bonds is 5. The van der Waals surface area contributed by atoms with Crippen LogP contribution in [-0.2, 0) is 20.8 Å². The molecule has 3 amide bonds. The highest BCUT2D eigenvalue weighted by Crippen LogP contribution is 2.54. The molecular formula is C28H27N5O10. The molecule has 0 aromatic heterocycles. The summed E-state index contributed by atoms with van der Waals surface area (Å²) < 4.78 is 0. The number of ketones is 2. The van der Waals surface area contributed by atoms with E-state index in [9.17, 15) is 49.7 Å². The van der Waals surface area contributed by atoms with Crippen LogP contribution < -0.4 is 21.3 Å². The number of fused-ring (bicyclic) bond motifs is 3. The number of benzene rings is 2. The molecule has 5 rings (SSSR count). The first-order valence-electron chi connectivity index (χ1n) is 13.0. The number of nitrogens with one attached hydrogen (secondary N) is 2. The Bertz CT molecular complexity index is 1690. The minimum absolute atomic E-state index is 0.0197. The maximum absolute atomic E-state index is 13.7. The van der Waals surface area contributed by atoms with Gasteiger partial charge in [0.05, 0.1) is 16.2 Å². The summed E-state index contributed by atoms with van der Waals surface area (Å²) in [5.41, 5.74) is 1.90. The Hall–Kier alpha value is -5.44. The number of amides is 3. The maximum atomic E-state index is 13.7. The quantitative estimate of drug-likeness (QED) is 0.114. The van der Waals surface area contributed by atoms with Gasteiger partial charge >= 0.3 is 6.03 Å². The Kier molecular flexibility index (Phi) is 6.85. The average Bonchev–Trinajstić information content (AvgIpc) is 2.92. The van der Waals surface area contributed by atoms with Gasteiger partial charge in [0.2, 0.25) is 5.78 Å². The van der Waals surface area contributed by atoms with Gasteiger partial charge in [-0.15, -0.1) is 0 Å². The normalized spacial score (nSPS) is 22.8. The Morgan fingerprint density at radius 1 is 1.09 bits per heavy atom. The molecule has 43 heavy (non-hydrogen) atoms. The van der Waals surface area contributed by atoms with Crippen molar-refractivity contribution < 1.29 is 44.5 Å². The van der Waals surface area contributed by atoms with Gasteiger partial charge in [0.1, 0.15) is 17.1 Å². The summed E-state index contributed by atoms with van der Waals surface area (Å²) >= 11 is 0. The number of anilines is 3.